The number of fused-ring (bicyclic) bond motifs is 1. The van der Waals surface area contributed by atoms with E-state index < -0.39 is 5.97 Å². The van der Waals surface area contributed by atoms with Gasteiger partial charge in [0, 0.05) is 20.3 Å². The topological polar surface area (TPSA) is 68.3 Å². The third-order valence-corrected chi connectivity index (χ3v) is 7.03. The molecule has 0 aliphatic rings. The number of carbonyl (C=O) groups is 2. The predicted molar refractivity (Wildman–Crippen MR) is 142 cm³/mol. The van der Waals surface area contributed by atoms with Crippen LogP contribution < -0.4 is 5.32 Å². The van der Waals surface area contributed by atoms with Crippen molar-refractivity contribution >= 4 is 55.0 Å². The second kappa shape index (κ2) is 10.1. The van der Waals surface area contributed by atoms with Crippen molar-refractivity contribution in [3.05, 3.63) is 80.6 Å². The highest BCUT2D eigenvalue weighted by Gasteiger charge is 2.25. The minimum Gasteiger partial charge on any atom is -0.459 e. The second-order valence-electron chi connectivity index (χ2n) is 8.18. The van der Waals surface area contributed by atoms with E-state index >= 15 is 0 Å². The fourth-order valence-electron chi connectivity index (χ4n) is 3.88. The Hall–Kier alpha value is -3.03. The first kappa shape index (κ1) is 24.1. The Morgan fingerprint density at radius 2 is 1.82 bits per heavy atom. The molecule has 0 unspecified atom stereocenters. The number of rotatable bonds is 6. The van der Waals surface area contributed by atoms with E-state index in [-0.39, 0.29) is 12.0 Å². The molecule has 0 radical (unpaired) electrons. The molecule has 5 nitrogen and oxygen atoms in total. The number of anilines is 1. The summed E-state index contributed by atoms with van der Waals surface area (Å²) in [5.74, 6) is -0.707. The largest absolute Gasteiger partial charge is 0.459 e. The summed E-state index contributed by atoms with van der Waals surface area (Å²) in [6.45, 7) is 7.58. The van der Waals surface area contributed by atoms with E-state index in [0.717, 1.165) is 31.4 Å². The molecule has 0 spiro atoms. The first-order valence-corrected chi connectivity index (χ1v) is 12.7. The summed E-state index contributed by atoms with van der Waals surface area (Å²) in [6, 6.07) is 17.2. The van der Waals surface area contributed by atoms with Crippen LogP contribution in [-0.2, 0) is 11.2 Å². The van der Waals surface area contributed by atoms with Gasteiger partial charge in [-0.2, -0.15) is 0 Å². The first-order chi connectivity index (χ1) is 16.3. The van der Waals surface area contributed by atoms with Crippen molar-refractivity contribution in [2.45, 2.75) is 40.2 Å². The number of thiophene rings is 1. The number of esters is 1. The van der Waals surface area contributed by atoms with Crippen LogP contribution in [0.15, 0.2) is 59.1 Å². The van der Waals surface area contributed by atoms with E-state index in [2.05, 4.69) is 21.2 Å². The summed E-state index contributed by atoms with van der Waals surface area (Å²) >= 11 is 4.86. The van der Waals surface area contributed by atoms with Crippen LogP contribution >= 0.6 is 27.3 Å². The van der Waals surface area contributed by atoms with Crippen LogP contribution in [0.1, 0.15) is 51.9 Å². The van der Waals surface area contributed by atoms with Gasteiger partial charge in [0.05, 0.1) is 28.4 Å². The third-order valence-electron chi connectivity index (χ3n) is 5.44. The van der Waals surface area contributed by atoms with Gasteiger partial charge in [-0.3, -0.25) is 4.79 Å². The molecule has 0 saturated carbocycles. The molecule has 7 heteroatoms. The smallest absolute Gasteiger partial charge is 0.341 e. The summed E-state index contributed by atoms with van der Waals surface area (Å²) in [5.41, 5.74) is 4.18. The van der Waals surface area contributed by atoms with Crippen LogP contribution in [0.4, 0.5) is 5.00 Å². The molecular formula is C27H25BrN2O3S. The van der Waals surface area contributed by atoms with Gasteiger partial charge in [-0.15, -0.1) is 11.3 Å². The molecule has 0 aliphatic heterocycles. The summed E-state index contributed by atoms with van der Waals surface area (Å²) in [7, 11) is 0. The van der Waals surface area contributed by atoms with Crippen molar-refractivity contribution < 1.29 is 14.3 Å². The van der Waals surface area contributed by atoms with Gasteiger partial charge in [0.15, 0.2) is 0 Å². The number of pyridine rings is 1. The highest BCUT2D eigenvalue weighted by atomic mass is 79.9. The molecule has 0 aliphatic carbocycles. The molecule has 174 valence electrons. The Labute approximate surface area is 211 Å². The molecule has 34 heavy (non-hydrogen) atoms. The number of carbonyl (C=O) groups excluding carboxylic acids is 2. The fraction of sp³-hybridized carbons (Fsp3) is 0.222. The van der Waals surface area contributed by atoms with E-state index in [9.17, 15) is 9.59 Å². The molecule has 4 aromatic rings. The normalized spacial score (nSPS) is 11.1. The number of halogens is 1. The molecule has 2 heterocycles. The molecule has 1 N–H and O–H groups in total. The van der Waals surface area contributed by atoms with Gasteiger partial charge in [-0.1, -0.05) is 53.2 Å². The Morgan fingerprint density at radius 1 is 1.12 bits per heavy atom. The number of amides is 1. The van der Waals surface area contributed by atoms with E-state index in [1.807, 2.05) is 76.2 Å². The molecule has 4 rings (SSSR count). The standard InChI is InChI=1S/C27H25BrN2O3S/c1-5-19-16(4)34-26(24(19)27(32)33-15(2)3)30-25(31)21-14-23(17-10-12-18(28)13-11-17)29-22-9-7-6-8-20(21)22/h6-15H,5H2,1-4H3,(H,30,31). The number of aromatic nitrogens is 1. The van der Waals surface area contributed by atoms with Crippen molar-refractivity contribution in [3.63, 3.8) is 0 Å². The van der Waals surface area contributed by atoms with Crippen LogP contribution in [0.2, 0.25) is 0 Å². The number of nitrogens with one attached hydrogen (secondary N) is 1. The van der Waals surface area contributed by atoms with Gasteiger partial charge < -0.3 is 10.1 Å². The number of para-hydroxylation sites is 1. The van der Waals surface area contributed by atoms with Gasteiger partial charge >= 0.3 is 5.97 Å². The maximum Gasteiger partial charge on any atom is 0.341 e. The molecule has 0 bridgehead atoms. The van der Waals surface area contributed by atoms with Gasteiger partial charge in [-0.25, -0.2) is 9.78 Å². The lowest BCUT2D eigenvalue weighted by atomic mass is 10.0. The van der Waals surface area contributed by atoms with Crippen LogP contribution in [0, 0.1) is 6.92 Å². The highest BCUT2D eigenvalue weighted by Crippen LogP contribution is 2.35. The Morgan fingerprint density at radius 3 is 2.50 bits per heavy atom. The Bertz CT molecular complexity index is 1380. The predicted octanol–water partition coefficient (Wildman–Crippen LogP) is 7.41. The Balaban J connectivity index is 1.78. The van der Waals surface area contributed by atoms with Gasteiger partial charge in [0.1, 0.15) is 5.00 Å². The van der Waals surface area contributed by atoms with Crippen molar-refractivity contribution in [1.29, 1.82) is 0 Å². The van der Waals surface area contributed by atoms with Gasteiger partial charge in [0.25, 0.3) is 5.91 Å². The van der Waals surface area contributed by atoms with E-state index in [4.69, 9.17) is 9.72 Å². The average molecular weight is 537 g/mol. The fourth-order valence-corrected chi connectivity index (χ4v) is 5.28. The maximum atomic E-state index is 13.6. The third kappa shape index (κ3) is 4.91. The molecule has 2 aromatic heterocycles. The van der Waals surface area contributed by atoms with Crippen LogP contribution in [0.25, 0.3) is 22.2 Å². The zero-order chi connectivity index (χ0) is 24.4. The van der Waals surface area contributed by atoms with Crippen molar-refractivity contribution in [2.75, 3.05) is 5.32 Å². The van der Waals surface area contributed by atoms with Crippen LogP contribution in [0.3, 0.4) is 0 Å². The maximum absolute atomic E-state index is 13.6. The van der Waals surface area contributed by atoms with Crippen LogP contribution in [0.5, 0.6) is 0 Å². The minimum atomic E-state index is -0.415. The van der Waals surface area contributed by atoms with Crippen molar-refractivity contribution in [1.82, 2.24) is 4.98 Å². The van der Waals surface area contributed by atoms with E-state index in [1.54, 1.807) is 6.07 Å². The van der Waals surface area contributed by atoms with Crippen LogP contribution in [-0.4, -0.2) is 23.0 Å². The van der Waals surface area contributed by atoms with Crippen molar-refractivity contribution in [2.24, 2.45) is 0 Å². The molecule has 0 fully saturated rings. The summed E-state index contributed by atoms with van der Waals surface area (Å²) in [4.78, 5) is 32.2. The van der Waals surface area contributed by atoms with Gasteiger partial charge in [0.2, 0.25) is 0 Å². The molecule has 1 amide bonds. The number of ether oxygens (including phenoxy) is 1. The number of hydrogen-bond acceptors (Lipinski definition) is 5. The molecule has 0 saturated heterocycles. The lowest BCUT2D eigenvalue weighted by Crippen LogP contribution is -2.17. The van der Waals surface area contributed by atoms with E-state index in [0.29, 0.717) is 28.2 Å². The molecular weight excluding hydrogens is 512 g/mol. The van der Waals surface area contributed by atoms with Gasteiger partial charge in [-0.05, 0) is 57.0 Å². The molecule has 2 aromatic carbocycles. The number of nitrogens with zero attached hydrogens (tertiary/aromatic N) is 1. The zero-order valence-corrected chi connectivity index (χ0v) is 21.8. The summed E-state index contributed by atoms with van der Waals surface area (Å²) < 4.78 is 6.45. The molecule has 0 atom stereocenters. The lowest BCUT2D eigenvalue weighted by Gasteiger charge is -2.13. The first-order valence-electron chi connectivity index (χ1n) is 11.1. The summed E-state index contributed by atoms with van der Waals surface area (Å²) in [6.07, 6.45) is 0.422. The monoisotopic (exact) mass is 536 g/mol. The second-order valence-corrected chi connectivity index (χ2v) is 10.3. The SMILES string of the molecule is CCc1c(C)sc(NC(=O)c2cc(-c3ccc(Br)cc3)nc3ccccc23)c1C(=O)OC(C)C. The van der Waals surface area contributed by atoms with E-state index in [1.165, 1.54) is 11.3 Å². The van der Waals surface area contributed by atoms with Crippen molar-refractivity contribution in [3.8, 4) is 11.3 Å². The quantitative estimate of drug-likeness (QED) is 0.260. The lowest BCUT2D eigenvalue weighted by molar-refractivity contribution is 0.0378. The number of hydrogen-bond donors (Lipinski definition) is 1. The zero-order valence-electron chi connectivity index (χ0n) is 19.4. The summed E-state index contributed by atoms with van der Waals surface area (Å²) in [5, 5.41) is 4.26. The average Bonchev–Trinajstić information content (AvgIpc) is 3.12. The number of benzene rings is 2. The highest BCUT2D eigenvalue weighted by molar-refractivity contribution is 9.10. The minimum absolute atomic E-state index is 0.251. The Kier molecular flexibility index (Phi) is 7.14. The number of aryl methyl sites for hydroxylation is 1.